The fourth-order valence-corrected chi connectivity index (χ4v) is 58.3. The summed E-state index contributed by atoms with van der Waals surface area (Å²) in [5, 5.41) is 2.50. The number of hydrogen-bond acceptors (Lipinski definition) is 0. The van der Waals surface area contributed by atoms with Gasteiger partial charge in [0.15, 0.2) is 0 Å². The molecule has 0 spiro atoms. The van der Waals surface area contributed by atoms with E-state index in [0.29, 0.717) is 0 Å². The van der Waals surface area contributed by atoms with Crippen molar-refractivity contribution in [2.24, 2.45) is 0 Å². The minimum atomic E-state index is -1.71. The molecule has 2 rings (SSSR count). The Hall–Kier alpha value is 1.08. The van der Waals surface area contributed by atoms with Gasteiger partial charge in [0, 0.05) is 0 Å². The first-order valence-electron chi connectivity index (χ1n) is 16.1. The second kappa shape index (κ2) is 12.1. The van der Waals surface area contributed by atoms with Crippen LogP contribution in [0.1, 0.15) is 46.0 Å². The molecule has 0 aliphatic carbocycles. The van der Waals surface area contributed by atoms with Gasteiger partial charge in [-0.3, -0.25) is 0 Å². The molecule has 1 aliphatic heterocycles. The predicted octanol–water partition coefficient (Wildman–Crippen LogP) is 11.3. The maximum absolute atomic E-state index is 2.94. The predicted molar refractivity (Wildman–Crippen MR) is 208 cm³/mol. The Balaban J connectivity index is 3.28. The van der Waals surface area contributed by atoms with Crippen molar-refractivity contribution in [3.63, 3.8) is 0 Å². The zero-order chi connectivity index (χ0) is 31.6. The number of rotatable bonds is 10. The maximum atomic E-state index is 2.94. The van der Waals surface area contributed by atoms with Crippen LogP contribution in [0.25, 0.3) is 0 Å². The standard InChI is InChI=1S/C27H59Si6.C6H10.Sb/c1-28(2,3)25(29(4,5)6)22-19-23(26(30(7,8)9)31(10,11)12)21-24(20-22)27(32(13,14)15)33(16,17)18;1-5(2)6(3)4;/h19-20,25-27H,1-18H3;1,3H2,2,4H3;. The molecule has 0 nitrogen and oxygen atoms in total. The Bertz CT molecular complexity index is 986. The molecular formula is C33H69SbSi6. The fourth-order valence-electron chi connectivity index (χ4n) is 9.50. The summed E-state index contributed by atoms with van der Waals surface area (Å²) in [4.78, 5) is 0. The Morgan fingerprint density at radius 3 is 0.925 bits per heavy atom. The minimum absolute atomic E-state index is 0.816. The number of allylic oxidation sites excluding steroid dienone is 2. The van der Waals surface area contributed by atoms with E-state index < -0.39 is 68.7 Å². The molecule has 40 heavy (non-hydrogen) atoms. The second-order valence-corrected chi connectivity index (χ2v) is 59.7. The number of hydrogen-bond donors (Lipinski definition) is 0. The average molecular weight is 756 g/mol. The van der Waals surface area contributed by atoms with Gasteiger partial charge in [-0.15, -0.1) is 0 Å². The average Bonchev–Trinajstić information content (AvgIpc) is 2.92. The van der Waals surface area contributed by atoms with E-state index in [1.807, 2.05) is 11.1 Å². The van der Waals surface area contributed by atoms with Crippen LogP contribution < -0.4 is 3.51 Å². The van der Waals surface area contributed by atoms with E-state index in [1.165, 1.54) is 8.73 Å². The second-order valence-electron chi connectivity index (χ2n) is 20.0. The van der Waals surface area contributed by atoms with E-state index >= 15 is 0 Å². The molecule has 1 aromatic carbocycles. The van der Waals surface area contributed by atoms with Crippen LogP contribution in [0.15, 0.2) is 23.3 Å². The molecule has 0 aromatic heterocycles. The monoisotopic (exact) mass is 754 g/mol. The molecule has 0 unspecified atom stereocenters. The molecule has 0 radical (unpaired) electrons. The van der Waals surface area contributed by atoms with Crippen molar-refractivity contribution in [3.8, 4) is 0 Å². The molecule has 230 valence electrons. The van der Waals surface area contributed by atoms with Crippen LogP contribution in [0.2, 0.25) is 127 Å². The van der Waals surface area contributed by atoms with Crippen LogP contribution in [0.3, 0.4) is 0 Å². The van der Waals surface area contributed by atoms with Crippen LogP contribution in [0, 0.1) is 0 Å². The Morgan fingerprint density at radius 1 is 0.450 bits per heavy atom. The normalized spacial score (nSPS) is 17.3. The number of benzene rings is 1. The zero-order valence-electron chi connectivity index (χ0n) is 30.7. The quantitative estimate of drug-likeness (QED) is 0.165. The van der Waals surface area contributed by atoms with Gasteiger partial charge in [0.2, 0.25) is 0 Å². The molecule has 0 bridgehead atoms. The van der Waals surface area contributed by atoms with Crippen molar-refractivity contribution in [1.82, 2.24) is 0 Å². The van der Waals surface area contributed by atoms with Crippen LogP contribution in [0.5, 0.6) is 0 Å². The summed E-state index contributed by atoms with van der Waals surface area (Å²) in [7, 11) is -8.66. The first-order chi connectivity index (χ1) is 17.5. The molecule has 0 saturated heterocycles. The molecular weight excluding hydrogens is 687 g/mol. The Morgan fingerprint density at radius 2 is 0.700 bits per heavy atom. The van der Waals surface area contributed by atoms with E-state index in [2.05, 4.69) is 147 Å². The summed E-state index contributed by atoms with van der Waals surface area (Å²) < 4.78 is 4.99. The van der Waals surface area contributed by atoms with Crippen LogP contribution in [0.4, 0.5) is 0 Å². The van der Waals surface area contributed by atoms with Gasteiger partial charge in [0.25, 0.3) is 0 Å². The third-order valence-electron chi connectivity index (χ3n) is 9.24. The SMILES string of the molecule is CC1=C(C)[CH2][Sb]([c]2c(C([Si](C)(C)C)[Si](C)(C)C)cc(C([Si](C)(C)C)[Si](C)(C)C)cc2C([Si](C)(C)C)[Si](C)(C)C)[CH2]1. The van der Waals surface area contributed by atoms with Crippen molar-refractivity contribution >= 4 is 72.2 Å². The van der Waals surface area contributed by atoms with Gasteiger partial charge in [-0.05, 0) is 0 Å². The van der Waals surface area contributed by atoms with E-state index in [9.17, 15) is 0 Å². The third kappa shape index (κ3) is 8.62. The van der Waals surface area contributed by atoms with Gasteiger partial charge in [-0.2, -0.15) is 0 Å². The van der Waals surface area contributed by atoms with Gasteiger partial charge in [-0.1, -0.05) is 0 Å². The summed E-state index contributed by atoms with van der Waals surface area (Å²) >= 11 is -1.71. The van der Waals surface area contributed by atoms with Gasteiger partial charge < -0.3 is 0 Å². The molecule has 0 N–H and O–H groups in total. The van der Waals surface area contributed by atoms with Crippen molar-refractivity contribution < 1.29 is 0 Å². The Labute approximate surface area is 266 Å². The van der Waals surface area contributed by atoms with Crippen molar-refractivity contribution in [3.05, 3.63) is 40.0 Å². The zero-order valence-corrected chi connectivity index (χ0v) is 39.3. The molecule has 0 amide bonds. The van der Waals surface area contributed by atoms with Gasteiger partial charge in [0.05, 0.1) is 0 Å². The summed E-state index contributed by atoms with van der Waals surface area (Å²) in [5.74, 6) is 0. The first kappa shape index (κ1) is 37.3. The summed E-state index contributed by atoms with van der Waals surface area (Å²) in [6, 6.07) is 5.89. The molecule has 1 heterocycles. The summed E-state index contributed by atoms with van der Waals surface area (Å²) in [6.45, 7) is 53.6. The van der Waals surface area contributed by atoms with E-state index in [-0.39, 0.29) is 0 Å². The first-order valence-corrected chi connectivity index (χ1v) is 42.4. The van der Waals surface area contributed by atoms with E-state index in [0.717, 1.165) is 15.5 Å². The third-order valence-corrected chi connectivity index (χ3v) is 45.3. The van der Waals surface area contributed by atoms with Gasteiger partial charge in [0.1, 0.15) is 0 Å². The van der Waals surface area contributed by atoms with E-state index in [1.54, 1.807) is 16.7 Å². The molecule has 0 saturated carbocycles. The van der Waals surface area contributed by atoms with Crippen molar-refractivity contribution in [2.75, 3.05) is 0 Å². The topological polar surface area (TPSA) is 0 Å². The van der Waals surface area contributed by atoms with Crippen LogP contribution in [-0.2, 0) is 0 Å². The van der Waals surface area contributed by atoms with Gasteiger partial charge in [-0.25, -0.2) is 0 Å². The Kier molecular flexibility index (Phi) is 11.3. The molecule has 7 heteroatoms. The molecule has 1 aromatic rings. The van der Waals surface area contributed by atoms with Crippen LogP contribution in [-0.4, -0.2) is 68.7 Å². The van der Waals surface area contributed by atoms with Crippen LogP contribution >= 0.6 is 0 Å². The fraction of sp³-hybridized carbons (Fsp3) is 0.758. The van der Waals surface area contributed by atoms with Crippen molar-refractivity contribution in [1.29, 1.82) is 0 Å². The van der Waals surface area contributed by atoms with E-state index in [4.69, 9.17) is 0 Å². The van der Waals surface area contributed by atoms with Gasteiger partial charge >= 0.3 is 268 Å². The molecule has 0 fully saturated rings. The molecule has 0 atom stereocenters. The van der Waals surface area contributed by atoms with Crippen molar-refractivity contribution in [2.45, 2.75) is 156 Å². The molecule has 1 aliphatic rings. The summed E-state index contributed by atoms with van der Waals surface area (Å²) in [5.41, 5.74) is 9.19. The summed E-state index contributed by atoms with van der Waals surface area (Å²) in [6.07, 6.45) is 0.